The van der Waals surface area contributed by atoms with E-state index in [-0.39, 0.29) is 24.2 Å². The lowest BCUT2D eigenvalue weighted by Crippen LogP contribution is -2.36. The Balaban J connectivity index is 1.96. The Morgan fingerprint density at radius 2 is 1.79 bits per heavy atom. The number of nitrogens with one attached hydrogen (secondary N) is 2. The number of rotatable bonds is 15. The number of ether oxygens (including phenoxy) is 2. The van der Waals surface area contributed by atoms with E-state index in [1.54, 1.807) is 16.7 Å². The van der Waals surface area contributed by atoms with Gasteiger partial charge in [0.15, 0.2) is 5.69 Å². The number of nitrogens with zero attached hydrogens (tertiary/aromatic N) is 2. The van der Waals surface area contributed by atoms with Gasteiger partial charge in [-0.25, -0.2) is 9.78 Å². The first-order valence-corrected chi connectivity index (χ1v) is 12.4. The molecule has 0 spiro atoms. The number of hydrogen-bond donors (Lipinski definition) is 2. The van der Waals surface area contributed by atoms with Crippen molar-refractivity contribution < 1.29 is 23.5 Å². The number of carbonyl (C=O) groups excluding carboxylic acids is 2. The predicted molar refractivity (Wildman–Crippen MR) is 129 cm³/mol. The highest BCUT2D eigenvalue weighted by Crippen LogP contribution is 2.18. The van der Waals surface area contributed by atoms with Gasteiger partial charge in [0.25, 0.3) is 5.91 Å². The Morgan fingerprint density at radius 1 is 1.09 bits per heavy atom. The third kappa shape index (κ3) is 9.85. The Morgan fingerprint density at radius 3 is 2.45 bits per heavy atom. The van der Waals surface area contributed by atoms with E-state index >= 15 is 0 Å². The highest BCUT2D eigenvalue weighted by atomic mass is 32.2. The first-order valence-electron chi connectivity index (χ1n) is 11.1. The molecule has 9 nitrogen and oxygen atoms in total. The van der Waals surface area contributed by atoms with Gasteiger partial charge in [0.2, 0.25) is 5.89 Å². The van der Waals surface area contributed by atoms with Crippen molar-refractivity contribution in [2.24, 2.45) is 0 Å². The molecule has 10 heteroatoms. The van der Waals surface area contributed by atoms with Crippen LogP contribution in [0.5, 0.6) is 0 Å². The molecule has 33 heavy (non-hydrogen) atoms. The molecule has 1 heterocycles. The molecule has 2 aromatic rings. The van der Waals surface area contributed by atoms with Gasteiger partial charge in [0.1, 0.15) is 6.26 Å². The number of oxazole rings is 1. The summed E-state index contributed by atoms with van der Waals surface area (Å²) in [6.07, 6.45) is 4.70. The van der Waals surface area contributed by atoms with Crippen molar-refractivity contribution in [3.8, 4) is 0 Å². The smallest absolute Gasteiger partial charge is 0.322 e. The zero-order valence-corrected chi connectivity index (χ0v) is 20.4. The topological polar surface area (TPSA) is 106 Å². The van der Waals surface area contributed by atoms with Gasteiger partial charge in [-0.05, 0) is 57.2 Å². The third-order valence-corrected chi connectivity index (χ3v) is 5.36. The van der Waals surface area contributed by atoms with Gasteiger partial charge in [-0.3, -0.25) is 4.79 Å². The van der Waals surface area contributed by atoms with Gasteiger partial charge < -0.3 is 29.4 Å². The number of hydrogen-bond acceptors (Lipinski definition) is 7. The second-order valence-corrected chi connectivity index (χ2v) is 7.94. The summed E-state index contributed by atoms with van der Waals surface area (Å²) >= 11 is 1.64. The maximum absolute atomic E-state index is 12.9. The summed E-state index contributed by atoms with van der Waals surface area (Å²) in [6.45, 7) is 7.35. The molecule has 0 fully saturated rings. The molecule has 2 rings (SSSR count). The van der Waals surface area contributed by atoms with Crippen LogP contribution in [0.15, 0.2) is 39.8 Å². The maximum Gasteiger partial charge on any atom is 0.322 e. The predicted octanol–water partition coefficient (Wildman–Crippen LogP) is 4.01. The van der Waals surface area contributed by atoms with E-state index in [4.69, 9.17) is 13.9 Å². The summed E-state index contributed by atoms with van der Waals surface area (Å²) in [5, 5.41) is 5.69. The molecule has 0 aliphatic heterocycles. The average molecular weight is 479 g/mol. The maximum atomic E-state index is 12.9. The minimum atomic E-state index is -0.317. The number of thioether (sulfide) groups is 1. The lowest BCUT2D eigenvalue weighted by molar-refractivity contribution is 0.0939. The van der Waals surface area contributed by atoms with Crippen molar-refractivity contribution >= 4 is 29.4 Å². The number of urea groups is 1. The number of aromatic nitrogens is 1. The van der Waals surface area contributed by atoms with E-state index < -0.39 is 0 Å². The van der Waals surface area contributed by atoms with Crippen LogP contribution in [0.4, 0.5) is 10.5 Å². The molecule has 1 aromatic carbocycles. The van der Waals surface area contributed by atoms with Crippen LogP contribution in [0.2, 0.25) is 0 Å². The molecule has 0 aliphatic rings. The first kappa shape index (κ1) is 26.7. The van der Waals surface area contributed by atoms with E-state index in [0.717, 1.165) is 11.3 Å². The van der Waals surface area contributed by atoms with Crippen molar-refractivity contribution in [3.05, 3.63) is 42.1 Å². The normalized spacial score (nSPS) is 10.8. The van der Waals surface area contributed by atoms with Crippen LogP contribution in [-0.2, 0) is 16.0 Å². The zero-order chi connectivity index (χ0) is 23.9. The lowest BCUT2D eigenvalue weighted by Gasteiger charge is -2.21. The van der Waals surface area contributed by atoms with Crippen LogP contribution in [0, 0.1) is 0 Å². The molecule has 0 bridgehead atoms. The van der Waals surface area contributed by atoms with Crippen LogP contribution in [0.1, 0.15) is 43.1 Å². The highest BCUT2D eigenvalue weighted by Gasteiger charge is 2.19. The number of anilines is 1. The molecular formula is C23H34N4O5S. The van der Waals surface area contributed by atoms with Crippen LogP contribution in [0.3, 0.4) is 0 Å². The Kier molecular flexibility index (Phi) is 12.4. The molecular weight excluding hydrogens is 444 g/mol. The Hall–Kier alpha value is -2.56. The van der Waals surface area contributed by atoms with Crippen LogP contribution in [-0.4, -0.2) is 67.6 Å². The van der Waals surface area contributed by atoms with Crippen molar-refractivity contribution in [2.75, 3.05) is 51.1 Å². The number of benzene rings is 1. The largest absolute Gasteiger partial charge is 0.446 e. The number of amides is 3. The van der Waals surface area contributed by atoms with Gasteiger partial charge >= 0.3 is 6.03 Å². The molecule has 0 atom stereocenters. The second kappa shape index (κ2) is 15.3. The lowest BCUT2D eigenvalue weighted by atomic mass is 10.3. The van der Waals surface area contributed by atoms with Crippen LogP contribution >= 0.6 is 11.8 Å². The Bertz CT molecular complexity index is 844. The SMILES string of the molecule is CCOCCCNC(=O)c1coc(CN(CCCOCC)C(=O)Nc2ccc(SC)cc2)n1. The standard InChI is InChI=1S/C23H34N4O5S/c1-4-30-14-6-12-24-22(28)20-17-32-21(26-20)16-27(13-7-15-31-5-2)23(29)25-18-8-10-19(33-3)11-9-18/h8-11,17H,4-7,12-16H2,1-3H3,(H,24,28)(H,25,29). The van der Waals surface area contributed by atoms with Gasteiger partial charge in [-0.2, -0.15) is 0 Å². The van der Waals surface area contributed by atoms with E-state index in [9.17, 15) is 9.59 Å². The monoisotopic (exact) mass is 478 g/mol. The fourth-order valence-corrected chi connectivity index (χ4v) is 3.30. The van der Waals surface area contributed by atoms with Gasteiger partial charge in [-0.1, -0.05) is 0 Å². The fourth-order valence-electron chi connectivity index (χ4n) is 2.89. The van der Waals surface area contributed by atoms with Crippen LogP contribution in [0.25, 0.3) is 0 Å². The van der Waals surface area contributed by atoms with Crippen molar-refractivity contribution in [3.63, 3.8) is 0 Å². The molecule has 0 saturated heterocycles. The summed E-state index contributed by atoms with van der Waals surface area (Å²) in [5.41, 5.74) is 0.885. The van der Waals surface area contributed by atoms with Gasteiger partial charge in [-0.15, -0.1) is 11.8 Å². The summed E-state index contributed by atoms with van der Waals surface area (Å²) < 4.78 is 16.1. The first-order chi connectivity index (χ1) is 16.1. The molecule has 0 aliphatic carbocycles. The van der Waals surface area contributed by atoms with E-state index in [2.05, 4.69) is 15.6 Å². The minimum Gasteiger partial charge on any atom is -0.446 e. The molecule has 0 saturated carbocycles. The van der Waals surface area contributed by atoms with E-state index in [1.165, 1.54) is 6.26 Å². The summed E-state index contributed by atoms with van der Waals surface area (Å²) in [6, 6.07) is 7.35. The molecule has 182 valence electrons. The van der Waals surface area contributed by atoms with Crippen molar-refractivity contribution in [1.82, 2.24) is 15.2 Å². The summed E-state index contributed by atoms with van der Waals surface area (Å²) in [7, 11) is 0. The Labute approximate surface area is 199 Å². The number of carbonyl (C=O) groups is 2. The average Bonchev–Trinajstić information content (AvgIpc) is 3.30. The van der Waals surface area contributed by atoms with E-state index in [0.29, 0.717) is 57.5 Å². The van der Waals surface area contributed by atoms with E-state index in [1.807, 2.05) is 44.4 Å². The molecule has 0 unspecified atom stereocenters. The van der Waals surface area contributed by atoms with Gasteiger partial charge in [0, 0.05) is 50.1 Å². The third-order valence-electron chi connectivity index (χ3n) is 4.61. The molecule has 0 radical (unpaired) electrons. The molecule has 3 amide bonds. The second-order valence-electron chi connectivity index (χ2n) is 7.06. The van der Waals surface area contributed by atoms with Gasteiger partial charge in [0.05, 0.1) is 6.54 Å². The zero-order valence-electron chi connectivity index (χ0n) is 19.6. The molecule has 2 N–H and O–H groups in total. The quantitative estimate of drug-likeness (QED) is 0.294. The van der Waals surface area contributed by atoms with Crippen molar-refractivity contribution in [1.29, 1.82) is 0 Å². The highest BCUT2D eigenvalue weighted by molar-refractivity contribution is 7.98. The van der Waals surface area contributed by atoms with Crippen LogP contribution < -0.4 is 10.6 Å². The summed E-state index contributed by atoms with van der Waals surface area (Å²) in [4.78, 5) is 32.1. The summed E-state index contributed by atoms with van der Waals surface area (Å²) in [5.74, 6) is -0.0264. The van der Waals surface area contributed by atoms with Crippen molar-refractivity contribution in [2.45, 2.75) is 38.1 Å². The molecule has 1 aromatic heterocycles. The minimum absolute atomic E-state index is 0.137. The fraction of sp³-hybridized carbons (Fsp3) is 0.522.